The summed E-state index contributed by atoms with van der Waals surface area (Å²) in [4.78, 5) is 6.67. The van der Waals surface area contributed by atoms with Crippen LogP contribution in [0, 0.1) is 0 Å². The average Bonchev–Trinajstić information content (AvgIpc) is 2.88. The van der Waals surface area contributed by atoms with Crippen LogP contribution in [0.25, 0.3) is 10.7 Å². The summed E-state index contributed by atoms with van der Waals surface area (Å²) in [5.74, 6) is 0. The lowest BCUT2D eigenvalue weighted by molar-refractivity contribution is 0.721. The number of thioether (sulfide) groups is 1. The van der Waals surface area contributed by atoms with Gasteiger partial charge in [-0.25, -0.2) is 0 Å². The van der Waals surface area contributed by atoms with Crippen LogP contribution in [0.15, 0.2) is 24.4 Å². The number of hydrogen-bond acceptors (Lipinski definition) is 6. The number of pyridine rings is 1. The molecule has 0 aliphatic carbocycles. The highest BCUT2D eigenvalue weighted by Gasteiger charge is 2.25. The summed E-state index contributed by atoms with van der Waals surface area (Å²) in [6.45, 7) is 6.64. The first-order valence-corrected chi connectivity index (χ1v) is 8.13. The van der Waals surface area contributed by atoms with Crippen LogP contribution < -0.4 is 4.90 Å². The molecule has 0 saturated carbocycles. The van der Waals surface area contributed by atoms with Gasteiger partial charge in [-0.15, -0.1) is 10.2 Å². The van der Waals surface area contributed by atoms with E-state index in [2.05, 4.69) is 33.9 Å². The van der Waals surface area contributed by atoms with Gasteiger partial charge in [-0.05, 0) is 12.1 Å². The zero-order valence-corrected chi connectivity index (χ0v) is 12.6. The number of nitrogens with zero attached hydrogens (tertiary/aromatic N) is 4. The number of aromatic nitrogens is 3. The molecule has 0 N–H and O–H groups in total. The Morgan fingerprint density at radius 3 is 2.63 bits per heavy atom. The molecule has 0 aromatic carbocycles. The van der Waals surface area contributed by atoms with E-state index in [9.17, 15) is 0 Å². The van der Waals surface area contributed by atoms with Crippen molar-refractivity contribution >= 4 is 28.2 Å². The first kappa shape index (κ1) is 12.9. The second-order valence-corrected chi connectivity index (χ2v) is 7.60. The Kier molecular flexibility index (Phi) is 3.70. The molecule has 1 aliphatic rings. The predicted molar refractivity (Wildman–Crippen MR) is 81.9 cm³/mol. The average molecular weight is 292 g/mol. The largest absolute Gasteiger partial charge is 0.344 e. The Bertz CT molecular complexity index is 533. The third kappa shape index (κ3) is 2.90. The summed E-state index contributed by atoms with van der Waals surface area (Å²) in [6.07, 6.45) is 1.79. The maximum Gasteiger partial charge on any atom is 0.208 e. The van der Waals surface area contributed by atoms with Gasteiger partial charge in [-0.2, -0.15) is 11.8 Å². The fourth-order valence-electron chi connectivity index (χ4n) is 2.27. The summed E-state index contributed by atoms with van der Waals surface area (Å²) in [5, 5.41) is 11.8. The van der Waals surface area contributed by atoms with Crippen molar-refractivity contribution < 1.29 is 0 Å². The smallest absolute Gasteiger partial charge is 0.208 e. The van der Waals surface area contributed by atoms with Crippen molar-refractivity contribution in [1.29, 1.82) is 0 Å². The van der Waals surface area contributed by atoms with Crippen LogP contribution >= 0.6 is 23.1 Å². The maximum absolute atomic E-state index is 4.33. The molecule has 19 heavy (non-hydrogen) atoms. The van der Waals surface area contributed by atoms with E-state index >= 15 is 0 Å². The Morgan fingerprint density at radius 2 is 1.95 bits per heavy atom. The van der Waals surface area contributed by atoms with Gasteiger partial charge in [0.05, 0.1) is 0 Å². The Labute approximate surface area is 121 Å². The van der Waals surface area contributed by atoms with Crippen molar-refractivity contribution in [1.82, 2.24) is 15.2 Å². The molecular formula is C13H16N4S2. The molecule has 1 aliphatic heterocycles. The minimum atomic E-state index is 0.644. The molecule has 6 heteroatoms. The highest BCUT2D eigenvalue weighted by molar-refractivity contribution is 8.00. The molecule has 2 aromatic heterocycles. The first-order chi connectivity index (χ1) is 9.22. The quantitative estimate of drug-likeness (QED) is 0.851. The second kappa shape index (κ2) is 5.46. The zero-order valence-electron chi connectivity index (χ0n) is 11.0. The Balaban J connectivity index is 1.81. The molecule has 0 unspecified atom stereocenters. The molecule has 2 atom stereocenters. The molecule has 1 saturated heterocycles. The van der Waals surface area contributed by atoms with Crippen molar-refractivity contribution in [2.45, 2.75) is 24.3 Å². The van der Waals surface area contributed by atoms with Crippen LogP contribution in [0.2, 0.25) is 0 Å². The molecule has 0 amide bonds. The van der Waals surface area contributed by atoms with Gasteiger partial charge in [-0.3, -0.25) is 4.98 Å². The van der Waals surface area contributed by atoms with Crippen molar-refractivity contribution in [3.63, 3.8) is 0 Å². The van der Waals surface area contributed by atoms with Gasteiger partial charge in [0.25, 0.3) is 0 Å². The molecule has 0 bridgehead atoms. The van der Waals surface area contributed by atoms with Gasteiger partial charge in [0, 0.05) is 29.8 Å². The van der Waals surface area contributed by atoms with Crippen LogP contribution in [0.1, 0.15) is 13.8 Å². The third-order valence-corrected chi connectivity index (χ3v) is 5.22. The SMILES string of the molecule is C[C@H]1CN(c2nnc(-c3ccccn3)s2)C[C@H](C)S1. The molecule has 0 spiro atoms. The molecular weight excluding hydrogens is 276 g/mol. The summed E-state index contributed by atoms with van der Waals surface area (Å²) >= 11 is 3.67. The molecule has 4 nitrogen and oxygen atoms in total. The Hall–Kier alpha value is -1.14. The minimum Gasteiger partial charge on any atom is -0.344 e. The molecule has 2 aromatic rings. The van der Waals surface area contributed by atoms with Gasteiger partial charge in [0.1, 0.15) is 5.69 Å². The predicted octanol–water partition coefficient (Wildman–Crippen LogP) is 2.93. The van der Waals surface area contributed by atoms with Crippen LogP contribution in [0.5, 0.6) is 0 Å². The van der Waals surface area contributed by atoms with Crippen LogP contribution in [0.4, 0.5) is 5.13 Å². The normalized spacial score (nSPS) is 23.6. The van der Waals surface area contributed by atoms with Gasteiger partial charge in [-0.1, -0.05) is 31.3 Å². The summed E-state index contributed by atoms with van der Waals surface area (Å²) in [6, 6.07) is 5.86. The van der Waals surface area contributed by atoms with Crippen molar-refractivity contribution in [3.05, 3.63) is 24.4 Å². The monoisotopic (exact) mass is 292 g/mol. The standard InChI is InChI=1S/C13H16N4S2/c1-9-7-17(8-10(2)18-9)13-16-15-12(19-13)11-5-3-4-6-14-11/h3-6,9-10H,7-8H2,1-2H3/t9-,10-/m0/s1. The summed E-state index contributed by atoms with van der Waals surface area (Å²) in [7, 11) is 0. The van der Waals surface area contributed by atoms with E-state index in [1.165, 1.54) is 0 Å². The van der Waals surface area contributed by atoms with E-state index in [1.807, 2.05) is 30.0 Å². The Morgan fingerprint density at radius 1 is 1.16 bits per heavy atom. The third-order valence-electron chi connectivity index (χ3n) is 2.99. The highest BCUT2D eigenvalue weighted by Crippen LogP contribution is 2.32. The van der Waals surface area contributed by atoms with E-state index < -0.39 is 0 Å². The fourth-order valence-corrected chi connectivity index (χ4v) is 4.44. The minimum absolute atomic E-state index is 0.644. The fraction of sp³-hybridized carbons (Fsp3) is 0.462. The molecule has 3 heterocycles. The van der Waals surface area contributed by atoms with Gasteiger partial charge in [0.15, 0.2) is 5.01 Å². The second-order valence-electron chi connectivity index (χ2n) is 4.77. The molecule has 0 radical (unpaired) electrons. The maximum atomic E-state index is 4.33. The van der Waals surface area contributed by atoms with Crippen LogP contribution in [-0.2, 0) is 0 Å². The first-order valence-electron chi connectivity index (χ1n) is 6.37. The zero-order chi connectivity index (χ0) is 13.2. The van der Waals surface area contributed by atoms with Gasteiger partial charge in [0.2, 0.25) is 5.13 Å². The summed E-state index contributed by atoms with van der Waals surface area (Å²) < 4.78 is 0. The molecule has 100 valence electrons. The number of anilines is 1. The van der Waals surface area contributed by atoms with Crippen LogP contribution in [-0.4, -0.2) is 38.8 Å². The lowest BCUT2D eigenvalue weighted by Gasteiger charge is -2.33. The number of rotatable bonds is 2. The summed E-state index contributed by atoms with van der Waals surface area (Å²) in [5.41, 5.74) is 0.902. The molecule has 3 rings (SSSR count). The lowest BCUT2D eigenvalue weighted by atomic mass is 10.3. The van der Waals surface area contributed by atoms with E-state index in [-0.39, 0.29) is 0 Å². The van der Waals surface area contributed by atoms with Gasteiger partial charge >= 0.3 is 0 Å². The van der Waals surface area contributed by atoms with E-state index in [0.717, 1.165) is 28.9 Å². The van der Waals surface area contributed by atoms with Crippen molar-refractivity contribution in [3.8, 4) is 10.7 Å². The van der Waals surface area contributed by atoms with E-state index in [0.29, 0.717) is 10.5 Å². The topological polar surface area (TPSA) is 41.9 Å². The molecule has 1 fully saturated rings. The van der Waals surface area contributed by atoms with Crippen LogP contribution in [0.3, 0.4) is 0 Å². The van der Waals surface area contributed by atoms with E-state index in [1.54, 1.807) is 17.5 Å². The van der Waals surface area contributed by atoms with E-state index in [4.69, 9.17) is 0 Å². The van der Waals surface area contributed by atoms with Crippen molar-refractivity contribution in [2.75, 3.05) is 18.0 Å². The van der Waals surface area contributed by atoms with Gasteiger partial charge < -0.3 is 4.90 Å². The highest BCUT2D eigenvalue weighted by atomic mass is 32.2. The van der Waals surface area contributed by atoms with Crippen molar-refractivity contribution in [2.24, 2.45) is 0 Å². The number of hydrogen-bond donors (Lipinski definition) is 0. The lowest BCUT2D eigenvalue weighted by Crippen LogP contribution is -2.40.